The number of benzene rings is 1. The van der Waals surface area contributed by atoms with Crippen LogP contribution < -0.4 is 5.32 Å². The van der Waals surface area contributed by atoms with Crippen molar-refractivity contribution in [2.24, 2.45) is 0 Å². The molecule has 2 aromatic rings. The van der Waals surface area contributed by atoms with Crippen LogP contribution in [0.25, 0.3) is 11.4 Å². The van der Waals surface area contributed by atoms with E-state index < -0.39 is 18.7 Å². The third kappa shape index (κ3) is 5.31. The van der Waals surface area contributed by atoms with Gasteiger partial charge in [0.25, 0.3) is 0 Å². The molecule has 0 radical (unpaired) electrons. The molecule has 9 heteroatoms. The van der Waals surface area contributed by atoms with Crippen molar-refractivity contribution in [1.29, 1.82) is 0 Å². The lowest BCUT2D eigenvalue weighted by atomic mass is 10.1. The summed E-state index contributed by atoms with van der Waals surface area (Å²) in [4.78, 5) is 12.1. The molecule has 1 aromatic heterocycles. The normalized spacial score (nSPS) is 14.4. The summed E-state index contributed by atoms with van der Waals surface area (Å²) in [5, 5.41) is 11.4. The monoisotopic (exact) mass is 396 g/mol. The van der Waals surface area contributed by atoms with Crippen LogP contribution >= 0.6 is 0 Å². The molecule has 2 heterocycles. The summed E-state index contributed by atoms with van der Waals surface area (Å²) in [5.41, 5.74) is 2.29. The number of hydrogen-bond acceptors (Lipinski definition) is 4. The van der Waals surface area contributed by atoms with Crippen molar-refractivity contribution in [2.45, 2.75) is 51.7 Å². The van der Waals surface area contributed by atoms with Gasteiger partial charge in [-0.05, 0) is 31.4 Å². The quantitative estimate of drug-likeness (QED) is 0.753. The van der Waals surface area contributed by atoms with Crippen LogP contribution in [-0.2, 0) is 22.5 Å². The number of halogens is 3. The molecule has 3 rings (SSSR count). The SMILES string of the molecule is Cc1ccc(-c2nnc3n2CCCCC3)cc1NC(=O)CCOCC(F)(F)F. The van der Waals surface area contributed by atoms with Crippen molar-refractivity contribution in [3.63, 3.8) is 0 Å². The number of ether oxygens (including phenoxy) is 1. The zero-order valence-corrected chi connectivity index (χ0v) is 15.7. The van der Waals surface area contributed by atoms with E-state index in [4.69, 9.17) is 0 Å². The number of nitrogens with zero attached hydrogens (tertiary/aromatic N) is 3. The Kier molecular flexibility index (Phi) is 6.33. The van der Waals surface area contributed by atoms with E-state index in [0.29, 0.717) is 5.69 Å². The first kappa shape index (κ1) is 20.3. The molecule has 152 valence electrons. The average Bonchev–Trinajstić information content (AvgIpc) is 2.88. The highest BCUT2D eigenvalue weighted by atomic mass is 19.4. The van der Waals surface area contributed by atoms with Crippen molar-refractivity contribution in [3.05, 3.63) is 29.6 Å². The predicted octanol–water partition coefficient (Wildman–Crippen LogP) is 3.89. The Labute approximate surface area is 161 Å². The summed E-state index contributed by atoms with van der Waals surface area (Å²) in [6.07, 6.45) is -0.304. The summed E-state index contributed by atoms with van der Waals surface area (Å²) < 4.78 is 42.8. The summed E-state index contributed by atoms with van der Waals surface area (Å²) in [6.45, 7) is 1.07. The molecule has 6 nitrogen and oxygen atoms in total. The third-order valence-electron chi connectivity index (χ3n) is 4.62. The molecule has 1 aliphatic rings. The number of anilines is 1. The first-order valence-electron chi connectivity index (χ1n) is 9.31. The standard InChI is InChI=1S/C19H23F3N4O2/c1-13-6-7-14(18-25-24-16-5-3-2-4-9-26(16)18)11-15(13)23-17(27)8-10-28-12-19(20,21)22/h6-7,11H,2-5,8-10,12H2,1H3,(H,23,27). The Balaban J connectivity index is 1.67. The van der Waals surface area contributed by atoms with E-state index in [1.807, 2.05) is 25.1 Å². The molecule has 1 N–H and O–H groups in total. The van der Waals surface area contributed by atoms with E-state index >= 15 is 0 Å². The number of aromatic nitrogens is 3. The van der Waals surface area contributed by atoms with Gasteiger partial charge in [-0.1, -0.05) is 18.6 Å². The second-order valence-corrected chi connectivity index (χ2v) is 6.90. The minimum atomic E-state index is -4.39. The fourth-order valence-electron chi connectivity index (χ4n) is 3.16. The van der Waals surface area contributed by atoms with Gasteiger partial charge in [-0.3, -0.25) is 4.79 Å². The van der Waals surface area contributed by atoms with Crippen LogP contribution in [0.5, 0.6) is 0 Å². The van der Waals surface area contributed by atoms with Crippen molar-refractivity contribution >= 4 is 11.6 Å². The van der Waals surface area contributed by atoms with Crippen LogP contribution in [0.1, 0.15) is 37.1 Å². The zero-order chi connectivity index (χ0) is 20.1. The lowest BCUT2D eigenvalue weighted by molar-refractivity contribution is -0.174. The molecule has 0 bridgehead atoms. The third-order valence-corrected chi connectivity index (χ3v) is 4.62. The van der Waals surface area contributed by atoms with Gasteiger partial charge in [-0.15, -0.1) is 10.2 Å². The van der Waals surface area contributed by atoms with Crippen LogP contribution in [0, 0.1) is 6.92 Å². The Morgan fingerprint density at radius 2 is 2.07 bits per heavy atom. The van der Waals surface area contributed by atoms with Crippen LogP contribution in [0.4, 0.5) is 18.9 Å². The van der Waals surface area contributed by atoms with Crippen LogP contribution in [0.2, 0.25) is 0 Å². The van der Waals surface area contributed by atoms with E-state index in [1.54, 1.807) is 0 Å². The molecule has 0 aliphatic carbocycles. The molecule has 0 spiro atoms. The van der Waals surface area contributed by atoms with Gasteiger partial charge in [0.1, 0.15) is 12.4 Å². The smallest absolute Gasteiger partial charge is 0.372 e. The van der Waals surface area contributed by atoms with Gasteiger partial charge in [-0.2, -0.15) is 13.2 Å². The largest absolute Gasteiger partial charge is 0.411 e. The van der Waals surface area contributed by atoms with Gasteiger partial charge in [0.15, 0.2) is 5.82 Å². The number of fused-ring (bicyclic) bond motifs is 1. The van der Waals surface area contributed by atoms with Crippen molar-refractivity contribution < 1.29 is 22.7 Å². The molecule has 28 heavy (non-hydrogen) atoms. The molecule has 0 atom stereocenters. The fraction of sp³-hybridized carbons (Fsp3) is 0.526. The molecule has 0 saturated heterocycles. The Bertz CT molecular complexity index is 833. The molecular formula is C19H23F3N4O2. The molecule has 0 unspecified atom stereocenters. The van der Waals surface area contributed by atoms with Crippen LogP contribution in [-0.4, -0.2) is 40.1 Å². The number of nitrogens with one attached hydrogen (secondary N) is 1. The Hall–Kier alpha value is -2.42. The lowest BCUT2D eigenvalue weighted by Gasteiger charge is -2.12. The number of hydrogen-bond donors (Lipinski definition) is 1. The van der Waals surface area contributed by atoms with E-state index in [1.165, 1.54) is 0 Å². The fourth-order valence-corrected chi connectivity index (χ4v) is 3.16. The summed E-state index contributed by atoms with van der Waals surface area (Å²) in [6, 6.07) is 5.63. The number of aryl methyl sites for hydroxylation is 2. The minimum Gasteiger partial charge on any atom is -0.372 e. The number of carbonyl (C=O) groups is 1. The predicted molar refractivity (Wildman–Crippen MR) is 97.9 cm³/mol. The average molecular weight is 396 g/mol. The molecular weight excluding hydrogens is 373 g/mol. The lowest BCUT2D eigenvalue weighted by Crippen LogP contribution is -2.20. The van der Waals surface area contributed by atoms with E-state index in [0.717, 1.165) is 55.0 Å². The highest BCUT2D eigenvalue weighted by Gasteiger charge is 2.27. The van der Waals surface area contributed by atoms with Crippen molar-refractivity contribution in [2.75, 3.05) is 18.5 Å². The van der Waals surface area contributed by atoms with Gasteiger partial charge >= 0.3 is 6.18 Å². The number of amides is 1. The first-order valence-corrected chi connectivity index (χ1v) is 9.31. The van der Waals surface area contributed by atoms with E-state index in [9.17, 15) is 18.0 Å². The molecule has 0 saturated carbocycles. The molecule has 1 amide bonds. The highest BCUT2D eigenvalue weighted by molar-refractivity contribution is 5.92. The first-order chi connectivity index (χ1) is 13.3. The second-order valence-electron chi connectivity index (χ2n) is 6.90. The van der Waals surface area contributed by atoms with E-state index in [2.05, 4.69) is 24.8 Å². The summed E-state index contributed by atoms with van der Waals surface area (Å²) in [7, 11) is 0. The van der Waals surface area contributed by atoms with Gasteiger partial charge in [0.2, 0.25) is 5.91 Å². The number of carbonyl (C=O) groups excluding carboxylic acids is 1. The zero-order valence-electron chi connectivity index (χ0n) is 15.7. The topological polar surface area (TPSA) is 69.0 Å². The molecule has 1 aromatic carbocycles. The van der Waals surface area contributed by atoms with Gasteiger partial charge in [0.05, 0.1) is 13.0 Å². The summed E-state index contributed by atoms with van der Waals surface area (Å²) in [5.74, 6) is 1.34. The maximum atomic E-state index is 12.1. The summed E-state index contributed by atoms with van der Waals surface area (Å²) >= 11 is 0. The van der Waals surface area contributed by atoms with Crippen LogP contribution in [0.3, 0.4) is 0 Å². The van der Waals surface area contributed by atoms with Gasteiger partial charge in [0, 0.05) is 24.2 Å². The Morgan fingerprint density at radius 1 is 1.25 bits per heavy atom. The molecule has 0 fully saturated rings. The Morgan fingerprint density at radius 3 is 2.86 bits per heavy atom. The molecule has 1 aliphatic heterocycles. The second kappa shape index (κ2) is 8.72. The van der Waals surface area contributed by atoms with Crippen LogP contribution in [0.15, 0.2) is 18.2 Å². The number of alkyl halides is 3. The highest BCUT2D eigenvalue weighted by Crippen LogP contribution is 2.27. The number of rotatable bonds is 6. The van der Waals surface area contributed by atoms with Crippen molar-refractivity contribution in [1.82, 2.24) is 14.8 Å². The minimum absolute atomic E-state index is 0.153. The maximum absolute atomic E-state index is 12.1. The van der Waals surface area contributed by atoms with Crippen molar-refractivity contribution in [3.8, 4) is 11.4 Å². The van der Waals surface area contributed by atoms with Gasteiger partial charge < -0.3 is 14.6 Å². The van der Waals surface area contributed by atoms with E-state index in [-0.39, 0.29) is 13.0 Å². The van der Waals surface area contributed by atoms with Gasteiger partial charge in [-0.25, -0.2) is 0 Å². The maximum Gasteiger partial charge on any atom is 0.411 e.